The molecular weight excluding hydrogens is 494 g/mol. The third-order valence-corrected chi connectivity index (χ3v) is 7.19. The summed E-state index contributed by atoms with van der Waals surface area (Å²) in [6, 6.07) is 6.20. The number of fused-ring (bicyclic) bond motifs is 2. The quantitative estimate of drug-likeness (QED) is 0.384. The average molecular weight is 519 g/mol. The monoisotopic (exact) mass is 518 g/mol. The summed E-state index contributed by atoms with van der Waals surface area (Å²) in [6.07, 6.45) is 5.12. The van der Waals surface area contributed by atoms with Crippen LogP contribution in [0.2, 0.25) is 0 Å². The van der Waals surface area contributed by atoms with E-state index in [1.807, 2.05) is 6.07 Å². The van der Waals surface area contributed by atoms with Crippen LogP contribution in [0.4, 0.5) is 26.2 Å². The zero-order valence-corrected chi connectivity index (χ0v) is 20.5. The van der Waals surface area contributed by atoms with Gasteiger partial charge >= 0.3 is 5.97 Å². The second-order valence-electron chi connectivity index (χ2n) is 9.60. The Kier molecular flexibility index (Phi) is 5.51. The van der Waals surface area contributed by atoms with E-state index in [0.717, 1.165) is 42.8 Å². The molecule has 2 aliphatic rings. The summed E-state index contributed by atoms with van der Waals surface area (Å²) in [5, 5.41) is -0.186. The molecule has 4 aromatic rings. The zero-order valence-electron chi connectivity index (χ0n) is 20.5. The van der Waals surface area contributed by atoms with E-state index in [9.17, 15) is 9.59 Å². The number of nitrogens with two attached hydrogens (primary N) is 2. The molecule has 0 unspecified atom stereocenters. The molecule has 1 fully saturated rings. The van der Waals surface area contributed by atoms with Gasteiger partial charge in [0, 0.05) is 42.8 Å². The van der Waals surface area contributed by atoms with Gasteiger partial charge in [0.15, 0.2) is 5.82 Å². The van der Waals surface area contributed by atoms with Gasteiger partial charge in [0.05, 0.1) is 23.6 Å². The molecular formula is C27H24F2N6O3. The van der Waals surface area contributed by atoms with E-state index >= 15 is 8.78 Å². The van der Waals surface area contributed by atoms with Crippen LogP contribution in [-0.2, 0) is 17.7 Å². The zero-order chi connectivity index (χ0) is 26.7. The summed E-state index contributed by atoms with van der Waals surface area (Å²) >= 11 is 0. The van der Waals surface area contributed by atoms with Crippen LogP contribution in [0.3, 0.4) is 0 Å². The molecule has 2 aromatic heterocycles. The molecule has 3 heterocycles. The van der Waals surface area contributed by atoms with E-state index in [1.165, 1.54) is 6.20 Å². The largest absolute Gasteiger partial charge is 0.465 e. The molecule has 194 valence electrons. The molecule has 0 amide bonds. The van der Waals surface area contributed by atoms with Crippen LogP contribution in [0.25, 0.3) is 22.0 Å². The maximum Gasteiger partial charge on any atom is 0.343 e. The van der Waals surface area contributed by atoms with Crippen LogP contribution >= 0.6 is 0 Å². The molecule has 1 aliphatic carbocycles. The number of halogens is 2. The number of nitrogens with zero attached hydrogens (tertiary/aromatic N) is 4. The highest BCUT2D eigenvalue weighted by Crippen LogP contribution is 2.41. The number of carbonyl (C=O) groups is 1. The van der Waals surface area contributed by atoms with Crippen molar-refractivity contribution in [1.29, 1.82) is 0 Å². The molecule has 1 saturated carbocycles. The van der Waals surface area contributed by atoms with E-state index < -0.39 is 23.0 Å². The van der Waals surface area contributed by atoms with Gasteiger partial charge < -0.3 is 25.7 Å². The number of hydrogen-bond acceptors (Lipinski definition) is 8. The number of rotatable bonds is 5. The van der Waals surface area contributed by atoms with Crippen molar-refractivity contribution in [2.24, 2.45) is 0 Å². The lowest BCUT2D eigenvalue weighted by atomic mass is 9.98. The van der Waals surface area contributed by atoms with Crippen molar-refractivity contribution >= 4 is 34.3 Å². The first-order valence-electron chi connectivity index (χ1n) is 12.2. The summed E-state index contributed by atoms with van der Waals surface area (Å²) in [6.45, 7) is 1.15. The number of aromatic nitrogens is 3. The lowest BCUT2D eigenvalue weighted by molar-refractivity contribution is 0.0598. The van der Waals surface area contributed by atoms with Crippen LogP contribution in [0.15, 0.2) is 41.5 Å². The SMILES string of the molecule is COC(=O)c1cn(C2CC2)c2c(F)c(-c3ccc4c(c3)CCN4Cc3cnc(N)nc3N)c(F)cc2c1=O. The molecule has 11 heteroatoms. The first-order valence-corrected chi connectivity index (χ1v) is 12.2. The van der Waals surface area contributed by atoms with Crippen molar-refractivity contribution in [2.45, 2.75) is 31.8 Å². The molecule has 0 radical (unpaired) electrons. The topological polar surface area (TPSA) is 129 Å². The van der Waals surface area contributed by atoms with Crippen molar-refractivity contribution in [3.8, 4) is 11.1 Å². The fraction of sp³-hybridized carbons (Fsp3) is 0.259. The molecule has 2 aromatic carbocycles. The maximum atomic E-state index is 16.1. The van der Waals surface area contributed by atoms with Gasteiger partial charge in [-0.25, -0.2) is 18.6 Å². The second-order valence-corrected chi connectivity index (χ2v) is 9.60. The van der Waals surface area contributed by atoms with Gasteiger partial charge in [-0.2, -0.15) is 4.98 Å². The molecule has 0 saturated heterocycles. The minimum atomic E-state index is -0.877. The Hall–Kier alpha value is -4.54. The second kappa shape index (κ2) is 8.79. The van der Waals surface area contributed by atoms with Crippen molar-refractivity contribution in [3.63, 3.8) is 0 Å². The standard InChI is InChI=1S/C27H24F2N6O3/c1-38-26(37)18-12-35(16-3-4-16)23-17(24(18)36)9-19(28)21(22(23)29)14-2-5-20-13(8-14)6-7-34(20)11-15-10-32-27(31)33-25(15)30/h2,5,8-10,12,16H,3-4,6-7,11H2,1H3,(H4,30,31,32,33). The summed E-state index contributed by atoms with van der Waals surface area (Å²) in [4.78, 5) is 35.3. The van der Waals surface area contributed by atoms with Crippen molar-refractivity contribution in [1.82, 2.24) is 14.5 Å². The van der Waals surface area contributed by atoms with E-state index in [0.29, 0.717) is 30.9 Å². The normalized spacial score (nSPS) is 14.7. The van der Waals surface area contributed by atoms with E-state index in [1.54, 1.807) is 22.9 Å². The maximum absolute atomic E-state index is 16.1. The van der Waals surface area contributed by atoms with Crippen LogP contribution in [-0.4, -0.2) is 34.2 Å². The summed E-state index contributed by atoms with van der Waals surface area (Å²) in [7, 11) is 1.16. The fourth-order valence-electron chi connectivity index (χ4n) is 5.15. The minimum Gasteiger partial charge on any atom is -0.465 e. The number of anilines is 3. The molecule has 1 aliphatic heterocycles. The van der Waals surface area contributed by atoms with Gasteiger partial charge in [0.2, 0.25) is 11.4 Å². The van der Waals surface area contributed by atoms with Gasteiger partial charge in [-0.3, -0.25) is 4.79 Å². The number of esters is 1. The Morgan fingerprint density at radius 2 is 2.00 bits per heavy atom. The van der Waals surface area contributed by atoms with Crippen LogP contribution in [0.1, 0.15) is 40.4 Å². The fourth-order valence-corrected chi connectivity index (χ4v) is 5.15. The first kappa shape index (κ1) is 23.8. The van der Waals surface area contributed by atoms with Gasteiger partial charge in [-0.05, 0) is 48.6 Å². The van der Waals surface area contributed by atoms with Crippen molar-refractivity contribution in [2.75, 3.05) is 30.0 Å². The van der Waals surface area contributed by atoms with E-state index in [4.69, 9.17) is 16.2 Å². The predicted octanol–water partition coefficient (Wildman–Crippen LogP) is 3.59. The summed E-state index contributed by atoms with van der Waals surface area (Å²) in [5.74, 6) is -2.14. The van der Waals surface area contributed by atoms with Crippen molar-refractivity contribution < 1.29 is 18.3 Å². The van der Waals surface area contributed by atoms with Crippen molar-refractivity contribution in [3.05, 3.63) is 75.2 Å². The Morgan fingerprint density at radius 3 is 2.71 bits per heavy atom. The number of methoxy groups -OCH3 is 1. The molecule has 0 atom stereocenters. The lowest BCUT2D eigenvalue weighted by Gasteiger charge is -2.20. The number of nitrogen functional groups attached to an aromatic ring is 2. The van der Waals surface area contributed by atoms with Gasteiger partial charge in [-0.1, -0.05) is 6.07 Å². The molecule has 4 N–H and O–H groups in total. The molecule has 0 bridgehead atoms. The first-order chi connectivity index (χ1) is 18.3. The predicted molar refractivity (Wildman–Crippen MR) is 139 cm³/mol. The number of benzene rings is 2. The van der Waals surface area contributed by atoms with E-state index in [2.05, 4.69) is 14.9 Å². The van der Waals surface area contributed by atoms with Gasteiger partial charge in [0.25, 0.3) is 0 Å². The molecule has 6 rings (SSSR count). The van der Waals surface area contributed by atoms with Crippen LogP contribution in [0, 0.1) is 11.6 Å². The van der Waals surface area contributed by atoms with Gasteiger partial charge in [-0.15, -0.1) is 0 Å². The number of carbonyl (C=O) groups excluding carboxylic acids is 1. The summed E-state index contributed by atoms with van der Waals surface area (Å²) in [5.41, 5.74) is 13.3. The Bertz CT molecular complexity index is 1700. The minimum absolute atomic E-state index is 0.0116. The number of pyridine rings is 1. The third-order valence-electron chi connectivity index (χ3n) is 7.19. The van der Waals surface area contributed by atoms with Gasteiger partial charge in [0.1, 0.15) is 17.2 Å². The average Bonchev–Trinajstić information content (AvgIpc) is 3.66. The lowest BCUT2D eigenvalue weighted by Crippen LogP contribution is -2.21. The number of hydrogen-bond donors (Lipinski definition) is 2. The van der Waals surface area contributed by atoms with E-state index in [-0.39, 0.29) is 34.0 Å². The highest BCUT2D eigenvalue weighted by Gasteiger charge is 2.31. The number of ether oxygens (including phenoxy) is 1. The molecule has 38 heavy (non-hydrogen) atoms. The smallest absolute Gasteiger partial charge is 0.343 e. The Labute approximate surface area is 215 Å². The van der Waals surface area contributed by atoms with Crippen LogP contribution in [0.5, 0.6) is 0 Å². The Morgan fingerprint density at radius 1 is 1.21 bits per heavy atom. The highest BCUT2D eigenvalue weighted by atomic mass is 19.1. The third kappa shape index (κ3) is 3.82. The Balaban J connectivity index is 1.43. The molecule has 0 spiro atoms. The van der Waals surface area contributed by atoms with Crippen LogP contribution < -0.4 is 21.8 Å². The highest BCUT2D eigenvalue weighted by molar-refractivity contribution is 5.95. The molecule has 9 nitrogen and oxygen atoms in total. The summed E-state index contributed by atoms with van der Waals surface area (Å²) < 4.78 is 37.8.